The van der Waals surface area contributed by atoms with Crippen LogP contribution in [0, 0.1) is 0 Å². The number of hydrogen-bond acceptors (Lipinski definition) is 21. The van der Waals surface area contributed by atoms with Crippen LogP contribution in [0.4, 0.5) is 0 Å². The molecule has 0 spiro atoms. The van der Waals surface area contributed by atoms with Gasteiger partial charge in [0.05, 0.1) is 27.8 Å². The second kappa shape index (κ2) is 17.7. The highest BCUT2D eigenvalue weighted by Gasteiger charge is 2.55. The second-order valence-electron chi connectivity index (χ2n) is 13.2. The van der Waals surface area contributed by atoms with Gasteiger partial charge in [-0.05, 0) is 91.0 Å². The molecule has 5 aromatic carbocycles. The van der Waals surface area contributed by atoms with Gasteiger partial charge in [-0.2, -0.15) is 0 Å². The lowest BCUT2D eigenvalue weighted by Gasteiger charge is -2.43. The number of rotatable bonds is 11. The summed E-state index contributed by atoms with van der Waals surface area (Å²) >= 11 is 0. The van der Waals surface area contributed by atoms with Crippen LogP contribution in [0.15, 0.2) is 91.0 Å². The summed E-state index contributed by atoms with van der Waals surface area (Å²) in [6.45, 7) is -1.01. The maximum atomic E-state index is 13.8. The Morgan fingerprint density at radius 1 is 0.371 bits per heavy atom. The first-order valence-corrected chi connectivity index (χ1v) is 17.7. The molecule has 21 nitrogen and oxygen atoms in total. The molecule has 62 heavy (non-hydrogen) atoms. The zero-order chi connectivity index (χ0) is 45.0. The van der Waals surface area contributed by atoms with Crippen LogP contribution in [0.2, 0.25) is 0 Å². The Labute approximate surface area is 346 Å². The quantitative estimate of drug-likeness (QED) is 0.0518. The van der Waals surface area contributed by atoms with Crippen molar-refractivity contribution in [2.75, 3.05) is 6.61 Å². The van der Waals surface area contributed by atoms with Gasteiger partial charge in [0.1, 0.15) is 12.7 Å². The van der Waals surface area contributed by atoms with Crippen molar-refractivity contribution in [2.24, 2.45) is 0 Å². The van der Waals surface area contributed by atoms with Crippen LogP contribution in [-0.2, 0) is 28.4 Å². The van der Waals surface area contributed by atoms with Crippen molar-refractivity contribution >= 4 is 29.8 Å². The van der Waals surface area contributed by atoms with Crippen LogP contribution < -0.4 is 0 Å². The van der Waals surface area contributed by atoms with E-state index in [0.29, 0.717) is 0 Å². The van der Waals surface area contributed by atoms with E-state index in [0.717, 1.165) is 91.0 Å². The van der Waals surface area contributed by atoms with Gasteiger partial charge in [0.25, 0.3) is 0 Å². The minimum absolute atomic E-state index is 0.335. The third-order valence-electron chi connectivity index (χ3n) is 8.98. The zero-order valence-electron chi connectivity index (χ0n) is 31.2. The van der Waals surface area contributed by atoms with Gasteiger partial charge in [0, 0.05) is 0 Å². The molecule has 5 atom stereocenters. The first-order valence-electron chi connectivity index (χ1n) is 17.7. The van der Waals surface area contributed by atoms with Gasteiger partial charge >= 0.3 is 29.8 Å². The Morgan fingerprint density at radius 2 is 0.661 bits per heavy atom. The first-order chi connectivity index (χ1) is 29.4. The predicted octanol–water partition coefficient (Wildman–Crippen LogP) is 3.16. The SMILES string of the molecule is O=C(OC[C@H]1OC(OC(=O)c2ccc(O)c(O)c2)[C@@H](OC(=O)c2ccc(O)c(O)c2)[C@@H](OC(=O)c2ccc(O)c(O)c2)[C@@H]1OC(=O)c1ccc(O)c(O)c1)c1ccc(O)c(O)c1. The maximum Gasteiger partial charge on any atom is 0.340 e. The lowest BCUT2D eigenvalue weighted by Crippen LogP contribution is -2.63. The Kier molecular flexibility index (Phi) is 12.3. The number of phenols is 10. The Balaban J connectivity index is 1.48. The Hall–Kier alpha value is -8.59. The molecule has 1 saturated heterocycles. The molecular formula is C41H32O21. The zero-order valence-corrected chi connectivity index (χ0v) is 31.2. The van der Waals surface area contributed by atoms with Crippen molar-refractivity contribution in [1.29, 1.82) is 0 Å². The smallest absolute Gasteiger partial charge is 0.340 e. The lowest BCUT2D eigenvalue weighted by molar-refractivity contribution is -0.282. The Morgan fingerprint density at radius 3 is 1.00 bits per heavy atom. The predicted molar refractivity (Wildman–Crippen MR) is 201 cm³/mol. The van der Waals surface area contributed by atoms with Crippen molar-refractivity contribution in [3.63, 3.8) is 0 Å². The van der Waals surface area contributed by atoms with E-state index in [1.807, 2.05) is 0 Å². The van der Waals surface area contributed by atoms with Crippen LogP contribution in [0.25, 0.3) is 0 Å². The van der Waals surface area contributed by atoms with E-state index < -0.39 is 147 Å². The molecule has 6 rings (SSSR count). The van der Waals surface area contributed by atoms with Gasteiger partial charge < -0.3 is 79.5 Å². The molecule has 0 aliphatic carbocycles. The molecule has 0 bridgehead atoms. The summed E-state index contributed by atoms with van der Waals surface area (Å²) in [6.07, 6.45) is -10.7. The molecule has 0 amide bonds. The largest absolute Gasteiger partial charge is 0.504 e. The monoisotopic (exact) mass is 860 g/mol. The van der Waals surface area contributed by atoms with E-state index in [2.05, 4.69) is 0 Å². The van der Waals surface area contributed by atoms with E-state index in [4.69, 9.17) is 28.4 Å². The highest BCUT2D eigenvalue weighted by Crippen LogP contribution is 2.36. The molecule has 21 heteroatoms. The fourth-order valence-corrected chi connectivity index (χ4v) is 5.75. The van der Waals surface area contributed by atoms with Crippen LogP contribution in [0.3, 0.4) is 0 Å². The topological polar surface area (TPSA) is 343 Å². The first kappa shape index (κ1) is 43.0. The number of esters is 5. The van der Waals surface area contributed by atoms with Gasteiger partial charge in [-0.15, -0.1) is 0 Å². The van der Waals surface area contributed by atoms with Crippen molar-refractivity contribution < 1.29 is 103 Å². The summed E-state index contributed by atoms with van der Waals surface area (Å²) in [5.41, 5.74) is -2.17. The summed E-state index contributed by atoms with van der Waals surface area (Å²) in [5, 5.41) is 99.5. The summed E-state index contributed by atoms with van der Waals surface area (Å²) < 4.78 is 34.0. The second-order valence-corrected chi connectivity index (χ2v) is 13.2. The van der Waals surface area contributed by atoms with E-state index in [1.165, 1.54) is 0 Å². The normalized spacial score (nSPS) is 18.2. The number of benzene rings is 5. The molecule has 10 N–H and O–H groups in total. The van der Waals surface area contributed by atoms with Crippen LogP contribution in [0.5, 0.6) is 57.5 Å². The number of hydrogen-bond donors (Lipinski definition) is 10. The van der Waals surface area contributed by atoms with Gasteiger partial charge in [-0.25, -0.2) is 24.0 Å². The average Bonchev–Trinajstić information content (AvgIpc) is 3.23. The molecule has 0 radical (unpaired) electrons. The van der Waals surface area contributed by atoms with Crippen LogP contribution >= 0.6 is 0 Å². The van der Waals surface area contributed by atoms with Crippen molar-refractivity contribution in [2.45, 2.75) is 30.7 Å². The maximum absolute atomic E-state index is 13.8. The number of ether oxygens (including phenoxy) is 6. The van der Waals surface area contributed by atoms with Crippen molar-refractivity contribution in [3.8, 4) is 57.5 Å². The van der Waals surface area contributed by atoms with E-state index >= 15 is 0 Å². The Bertz CT molecular complexity index is 2570. The summed E-state index contributed by atoms with van der Waals surface area (Å²) in [7, 11) is 0. The number of phenolic OH excluding ortho intramolecular Hbond substituents is 10. The third kappa shape index (κ3) is 9.48. The average molecular weight is 861 g/mol. The van der Waals surface area contributed by atoms with E-state index in [-0.39, 0.29) is 5.56 Å². The summed E-state index contributed by atoms with van der Waals surface area (Å²) in [4.78, 5) is 68.1. The number of carbonyl (C=O) groups excluding carboxylic acids is 5. The summed E-state index contributed by atoms with van der Waals surface area (Å²) in [6, 6.07) is 13.5. The van der Waals surface area contributed by atoms with Crippen LogP contribution in [-0.4, -0.2) is 118 Å². The third-order valence-corrected chi connectivity index (χ3v) is 8.98. The molecule has 1 unspecified atom stereocenters. The molecule has 1 fully saturated rings. The summed E-state index contributed by atoms with van der Waals surface area (Å²) in [5.74, 6) is -13.7. The molecule has 1 heterocycles. The fourth-order valence-electron chi connectivity index (χ4n) is 5.75. The standard InChI is InChI=1S/C41H32O21/c42-22-6-1-17(11-27(22)47)36(52)57-16-32-33(59-37(53)18-2-7-23(43)28(48)12-18)34(60-38(54)19-3-8-24(44)29(49)13-19)35(61-39(55)20-4-9-25(45)30(50)14-20)41(58-32)62-40(56)21-5-10-26(46)31(51)15-21/h1-15,32-35,41-51H,16H2/t32-,33-,34+,35+,41?/m1/s1. The molecule has 5 aromatic rings. The molecule has 0 aromatic heterocycles. The highest BCUT2D eigenvalue weighted by molar-refractivity contribution is 5.93. The van der Waals surface area contributed by atoms with Gasteiger partial charge in [-0.1, -0.05) is 0 Å². The molecule has 0 saturated carbocycles. The minimum Gasteiger partial charge on any atom is -0.504 e. The molecule has 1 aliphatic rings. The highest BCUT2D eigenvalue weighted by atomic mass is 16.7. The fraction of sp³-hybridized carbons (Fsp3) is 0.146. The minimum atomic E-state index is -2.27. The van der Waals surface area contributed by atoms with Crippen molar-refractivity contribution in [1.82, 2.24) is 0 Å². The lowest BCUT2D eigenvalue weighted by atomic mass is 9.97. The van der Waals surface area contributed by atoms with Crippen molar-refractivity contribution in [3.05, 3.63) is 119 Å². The molecular weight excluding hydrogens is 828 g/mol. The van der Waals surface area contributed by atoms with Crippen LogP contribution in [0.1, 0.15) is 51.8 Å². The number of aromatic hydroxyl groups is 10. The molecule has 322 valence electrons. The van der Waals surface area contributed by atoms with E-state index in [1.54, 1.807) is 0 Å². The van der Waals surface area contributed by atoms with Gasteiger partial charge in [0.2, 0.25) is 12.4 Å². The van der Waals surface area contributed by atoms with Gasteiger partial charge in [0.15, 0.2) is 69.7 Å². The number of carbonyl (C=O) groups is 5. The molecule has 1 aliphatic heterocycles. The van der Waals surface area contributed by atoms with E-state index in [9.17, 15) is 75.0 Å². The van der Waals surface area contributed by atoms with Gasteiger partial charge in [-0.3, -0.25) is 0 Å².